The summed E-state index contributed by atoms with van der Waals surface area (Å²) in [5.74, 6) is 0.950. The van der Waals surface area contributed by atoms with Gasteiger partial charge in [-0.3, -0.25) is 0 Å². The second-order valence-corrected chi connectivity index (χ2v) is 8.23. The molecule has 2 unspecified atom stereocenters. The molecule has 2 bridgehead atoms. The standard InChI is InChI=1S/C21H23F3N2O2/c22-21(23,24)18-4-2-1-3-16(18)19-17(20(28-26-19)12-5-6-12)11-27-15-9-13-7-8-14(10-15)25-13/h1-4,12-15,25H,5-11H2. The molecule has 7 heteroatoms. The fraction of sp³-hybridized carbons (Fsp3) is 0.571. The van der Waals surface area contributed by atoms with E-state index in [4.69, 9.17) is 9.26 Å². The minimum atomic E-state index is -4.44. The second kappa shape index (κ2) is 6.88. The predicted molar refractivity (Wildman–Crippen MR) is 96.7 cm³/mol. The van der Waals surface area contributed by atoms with Crippen LogP contribution in [-0.4, -0.2) is 23.3 Å². The highest BCUT2D eigenvalue weighted by Crippen LogP contribution is 2.46. The van der Waals surface area contributed by atoms with Gasteiger partial charge in [0.2, 0.25) is 0 Å². The van der Waals surface area contributed by atoms with Crippen LogP contribution in [0.4, 0.5) is 13.2 Å². The van der Waals surface area contributed by atoms with Crippen LogP contribution in [0.1, 0.15) is 61.3 Å². The summed E-state index contributed by atoms with van der Waals surface area (Å²) >= 11 is 0. The lowest BCUT2D eigenvalue weighted by molar-refractivity contribution is -0.137. The second-order valence-electron chi connectivity index (χ2n) is 8.23. The van der Waals surface area contributed by atoms with Crippen LogP contribution < -0.4 is 5.32 Å². The maximum atomic E-state index is 13.5. The Labute approximate surface area is 161 Å². The Morgan fingerprint density at radius 2 is 1.79 bits per heavy atom. The lowest BCUT2D eigenvalue weighted by Crippen LogP contribution is -2.41. The number of hydrogen-bond acceptors (Lipinski definition) is 4. The first kappa shape index (κ1) is 18.2. The quantitative estimate of drug-likeness (QED) is 0.775. The number of fused-ring (bicyclic) bond motifs is 2. The van der Waals surface area contributed by atoms with Crippen LogP contribution in [-0.2, 0) is 17.5 Å². The predicted octanol–water partition coefficient (Wildman–Crippen LogP) is 5.04. The zero-order valence-electron chi connectivity index (χ0n) is 15.5. The van der Waals surface area contributed by atoms with Crippen molar-refractivity contribution in [3.8, 4) is 11.3 Å². The molecule has 3 heterocycles. The molecule has 2 aliphatic heterocycles. The Bertz CT molecular complexity index is 848. The van der Waals surface area contributed by atoms with Gasteiger partial charge in [0.05, 0.1) is 18.3 Å². The van der Waals surface area contributed by atoms with Crippen LogP contribution in [0.15, 0.2) is 28.8 Å². The van der Waals surface area contributed by atoms with E-state index in [2.05, 4.69) is 10.5 Å². The van der Waals surface area contributed by atoms with Crippen LogP contribution in [0, 0.1) is 0 Å². The van der Waals surface area contributed by atoms with Gasteiger partial charge in [-0.2, -0.15) is 13.2 Å². The maximum absolute atomic E-state index is 13.5. The van der Waals surface area contributed by atoms with Crippen LogP contribution >= 0.6 is 0 Å². The van der Waals surface area contributed by atoms with Crippen molar-refractivity contribution in [2.75, 3.05) is 0 Å². The number of hydrogen-bond donors (Lipinski definition) is 1. The van der Waals surface area contributed by atoms with Gasteiger partial charge in [-0.1, -0.05) is 23.4 Å². The van der Waals surface area contributed by atoms with Crippen molar-refractivity contribution in [1.29, 1.82) is 0 Å². The number of piperidine rings is 1. The van der Waals surface area contributed by atoms with Crippen molar-refractivity contribution in [3.05, 3.63) is 41.2 Å². The summed E-state index contributed by atoms with van der Waals surface area (Å²) in [6.45, 7) is 0.251. The molecule has 5 rings (SSSR count). The Balaban J connectivity index is 1.44. The van der Waals surface area contributed by atoms with E-state index in [1.807, 2.05) is 0 Å². The smallest absolute Gasteiger partial charge is 0.373 e. The summed E-state index contributed by atoms with van der Waals surface area (Å²) in [5, 5.41) is 7.64. The molecule has 28 heavy (non-hydrogen) atoms. The van der Waals surface area contributed by atoms with Crippen LogP contribution in [0.5, 0.6) is 0 Å². The Morgan fingerprint density at radius 1 is 1.07 bits per heavy atom. The van der Waals surface area contributed by atoms with Gasteiger partial charge in [-0.15, -0.1) is 0 Å². The van der Waals surface area contributed by atoms with Gasteiger partial charge < -0.3 is 14.6 Å². The number of nitrogens with one attached hydrogen (secondary N) is 1. The van der Waals surface area contributed by atoms with Crippen LogP contribution in [0.3, 0.4) is 0 Å². The molecular weight excluding hydrogens is 369 g/mol. The minimum absolute atomic E-state index is 0.0645. The highest BCUT2D eigenvalue weighted by atomic mass is 19.4. The van der Waals surface area contributed by atoms with E-state index in [-0.39, 0.29) is 29.9 Å². The molecule has 0 radical (unpaired) electrons. The first-order valence-electron chi connectivity index (χ1n) is 10.0. The van der Waals surface area contributed by atoms with Gasteiger partial charge in [0.25, 0.3) is 0 Å². The molecule has 2 aromatic rings. The van der Waals surface area contributed by atoms with Gasteiger partial charge in [-0.25, -0.2) is 0 Å². The topological polar surface area (TPSA) is 47.3 Å². The molecule has 0 amide bonds. The summed E-state index contributed by atoms with van der Waals surface area (Å²) in [5.41, 5.74) is 0.332. The van der Waals surface area contributed by atoms with E-state index in [0.29, 0.717) is 23.4 Å². The monoisotopic (exact) mass is 392 g/mol. The average molecular weight is 392 g/mol. The third-order valence-electron chi connectivity index (χ3n) is 6.15. The van der Waals surface area contributed by atoms with E-state index < -0.39 is 11.7 Å². The van der Waals surface area contributed by atoms with E-state index in [9.17, 15) is 13.2 Å². The largest absolute Gasteiger partial charge is 0.417 e. The van der Waals surface area contributed by atoms with E-state index in [1.54, 1.807) is 6.07 Å². The SMILES string of the molecule is FC(F)(F)c1ccccc1-c1noc(C2CC2)c1COC1CC2CCC(C1)N2. The molecule has 0 spiro atoms. The molecule has 1 aromatic carbocycles. The van der Waals surface area contributed by atoms with Gasteiger partial charge in [0.1, 0.15) is 11.5 Å². The summed E-state index contributed by atoms with van der Waals surface area (Å²) in [4.78, 5) is 0. The summed E-state index contributed by atoms with van der Waals surface area (Å²) in [6.07, 6.45) is 1.92. The molecule has 2 saturated heterocycles. The van der Waals surface area contributed by atoms with Crippen molar-refractivity contribution in [2.24, 2.45) is 0 Å². The molecule has 2 atom stereocenters. The molecule has 150 valence electrons. The lowest BCUT2D eigenvalue weighted by atomic mass is 9.99. The fourth-order valence-corrected chi connectivity index (χ4v) is 4.62. The maximum Gasteiger partial charge on any atom is 0.417 e. The number of alkyl halides is 3. The van der Waals surface area contributed by atoms with E-state index in [0.717, 1.165) is 31.7 Å². The first-order chi connectivity index (χ1) is 13.5. The zero-order valence-corrected chi connectivity index (χ0v) is 15.5. The average Bonchev–Trinajstić information content (AvgIpc) is 3.34. The minimum Gasteiger partial charge on any atom is -0.373 e. The first-order valence-corrected chi connectivity index (χ1v) is 10.0. The van der Waals surface area contributed by atoms with Gasteiger partial charge in [0, 0.05) is 29.1 Å². The number of aromatic nitrogens is 1. The van der Waals surface area contributed by atoms with Gasteiger partial charge in [-0.05, 0) is 44.6 Å². The lowest BCUT2D eigenvalue weighted by Gasteiger charge is -2.29. The van der Waals surface area contributed by atoms with Crippen molar-refractivity contribution in [3.63, 3.8) is 0 Å². The number of halogens is 3. The number of ether oxygens (including phenoxy) is 1. The third kappa shape index (κ3) is 3.46. The molecule has 1 N–H and O–H groups in total. The molecule has 1 aromatic heterocycles. The third-order valence-corrected chi connectivity index (χ3v) is 6.15. The van der Waals surface area contributed by atoms with Crippen LogP contribution in [0.25, 0.3) is 11.3 Å². The normalized spacial score (nSPS) is 27.3. The molecule has 3 fully saturated rings. The molecule has 1 aliphatic carbocycles. The highest BCUT2D eigenvalue weighted by Gasteiger charge is 2.38. The summed E-state index contributed by atoms with van der Waals surface area (Å²) in [6, 6.07) is 6.56. The van der Waals surface area contributed by atoms with E-state index in [1.165, 1.54) is 25.0 Å². The Morgan fingerprint density at radius 3 is 2.46 bits per heavy atom. The summed E-state index contributed by atoms with van der Waals surface area (Å²) < 4.78 is 52.3. The molecule has 3 aliphatic rings. The van der Waals surface area contributed by atoms with Crippen molar-refractivity contribution in [1.82, 2.24) is 10.5 Å². The molecule has 4 nitrogen and oxygen atoms in total. The van der Waals surface area contributed by atoms with Crippen molar-refractivity contribution >= 4 is 0 Å². The Kier molecular flexibility index (Phi) is 4.47. The highest BCUT2D eigenvalue weighted by molar-refractivity contribution is 5.68. The summed E-state index contributed by atoms with van der Waals surface area (Å²) in [7, 11) is 0. The fourth-order valence-electron chi connectivity index (χ4n) is 4.62. The van der Waals surface area contributed by atoms with E-state index >= 15 is 0 Å². The zero-order chi connectivity index (χ0) is 19.3. The van der Waals surface area contributed by atoms with Crippen molar-refractivity contribution < 1.29 is 22.4 Å². The number of nitrogens with zero attached hydrogens (tertiary/aromatic N) is 1. The Hall–Kier alpha value is -1.86. The van der Waals surface area contributed by atoms with Gasteiger partial charge >= 0.3 is 6.18 Å². The van der Waals surface area contributed by atoms with Gasteiger partial charge in [0.15, 0.2) is 0 Å². The van der Waals surface area contributed by atoms with Crippen LogP contribution in [0.2, 0.25) is 0 Å². The number of benzene rings is 1. The molecule has 1 saturated carbocycles. The number of rotatable bonds is 5. The van der Waals surface area contributed by atoms with Crippen molar-refractivity contribution in [2.45, 2.75) is 75.4 Å². The molecular formula is C21H23F3N2O2.